The van der Waals surface area contributed by atoms with E-state index in [1.807, 2.05) is 20.8 Å². The number of rotatable bonds is 6. The van der Waals surface area contributed by atoms with Crippen molar-refractivity contribution in [1.29, 1.82) is 0 Å². The Labute approximate surface area is 128 Å². The van der Waals surface area contributed by atoms with Crippen molar-refractivity contribution in [3.8, 4) is 0 Å². The Kier molecular flexibility index (Phi) is 6.31. The van der Waals surface area contributed by atoms with Crippen molar-refractivity contribution in [3.05, 3.63) is 0 Å². The molecule has 0 aliphatic rings. The fourth-order valence-electron chi connectivity index (χ4n) is 2.56. The van der Waals surface area contributed by atoms with Crippen molar-refractivity contribution in [2.45, 2.75) is 85.2 Å². The standard InChI is InChI=1S/C16H36O2Si2/c1-11-16(5,6)14(17)18-12-13-20(10,15(2,3)4)19(7,8)9/h11-13H2,1-10H3. The first kappa shape index (κ1) is 19.9. The maximum atomic E-state index is 12.1. The molecule has 120 valence electrons. The molecule has 0 aliphatic carbocycles. The van der Waals surface area contributed by atoms with Crippen LogP contribution < -0.4 is 0 Å². The van der Waals surface area contributed by atoms with Crippen LogP contribution >= 0.6 is 0 Å². The second-order valence-electron chi connectivity index (χ2n) is 8.96. The van der Waals surface area contributed by atoms with Gasteiger partial charge >= 0.3 is 5.97 Å². The molecule has 0 saturated carbocycles. The van der Waals surface area contributed by atoms with Gasteiger partial charge in [-0.3, -0.25) is 4.79 Å². The summed E-state index contributed by atoms with van der Waals surface area (Å²) in [4.78, 5) is 12.1. The lowest BCUT2D eigenvalue weighted by Crippen LogP contribution is -2.61. The lowest BCUT2D eigenvalue weighted by molar-refractivity contribution is -0.153. The number of hydrogen-bond acceptors (Lipinski definition) is 2. The van der Waals surface area contributed by atoms with E-state index in [1.54, 1.807) is 0 Å². The van der Waals surface area contributed by atoms with Gasteiger partial charge in [-0.2, -0.15) is 0 Å². The van der Waals surface area contributed by atoms with Gasteiger partial charge in [0.2, 0.25) is 0 Å². The minimum absolute atomic E-state index is 0.0409. The van der Waals surface area contributed by atoms with Gasteiger partial charge < -0.3 is 4.74 Å². The Morgan fingerprint density at radius 1 is 1.00 bits per heavy atom. The van der Waals surface area contributed by atoms with Gasteiger partial charge in [-0.1, -0.05) is 53.9 Å². The SMILES string of the molecule is CCC(C)(C)C(=O)OCC[Si](C)(C(C)(C)C)[Si](C)(C)C. The zero-order valence-corrected chi connectivity index (χ0v) is 17.4. The summed E-state index contributed by atoms with van der Waals surface area (Å²) in [7, 11) is -2.65. The van der Waals surface area contributed by atoms with Gasteiger partial charge in [0.25, 0.3) is 0 Å². The highest BCUT2D eigenvalue weighted by molar-refractivity contribution is 7.41. The molecule has 1 atom stereocenters. The molecule has 0 aromatic rings. The van der Waals surface area contributed by atoms with Gasteiger partial charge in [0.1, 0.15) is 0 Å². The molecule has 0 saturated heterocycles. The molecular weight excluding hydrogens is 280 g/mol. The average Bonchev–Trinajstić information content (AvgIpc) is 2.25. The zero-order chi connectivity index (χ0) is 16.4. The zero-order valence-electron chi connectivity index (χ0n) is 15.4. The van der Waals surface area contributed by atoms with E-state index in [-0.39, 0.29) is 11.4 Å². The van der Waals surface area contributed by atoms with E-state index in [1.165, 1.54) is 0 Å². The summed E-state index contributed by atoms with van der Waals surface area (Å²) >= 11 is 0. The van der Waals surface area contributed by atoms with Crippen LogP contribution in [0.5, 0.6) is 0 Å². The second-order valence-corrected chi connectivity index (χ2v) is 25.9. The first-order valence-electron chi connectivity index (χ1n) is 7.86. The average molecular weight is 317 g/mol. The molecule has 0 radical (unpaired) electrons. The largest absolute Gasteiger partial charge is 0.466 e. The van der Waals surface area contributed by atoms with E-state index >= 15 is 0 Å². The monoisotopic (exact) mass is 316 g/mol. The lowest BCUT2D eigenvalue weighted by Gasteiger charge is -2.49. The van der Waals surface area contributed by atoms with Gasteiger partial charge in [-0.05, 0) is 31.4 Å². The Hall–Kier alpha value is -0.0962. The quantitative estimate of drug-likeness (QED) is 0.493. The van der Waals surface area contributed by atoms with Crippen molar-refractivity contribution in [1.82, 2.24) is 0 Å². The van der Waals surface area contributed by atoms with Crippen LogP contribution in [0.4, 0.5) is 0 Å². The minimum atomic E-state index is -1.43. The lowest BCUT2D eigenvalue weighted by atomic mass is 9.91. The van der Waals surface area contributed by atoms with Gasteiger partial charge in [0.15, 0.2) is 0 Å². The van der Waals surface area contributed by atoms with Crippen molar-refractivity contribution in [2.24, 2.45) is 5.41 Å². The van der Waals surface area contributed by atoms with Crippen LogP contribution in [-0.4, -0.2) is 27.8 Å². The van der Waals surface area contributed by atoms with E-state index in [0.29, 0.717) is 11.6 Å². The molecule has 0 N–H and O–H groups in total. The molecule has 4 heteroatoms. The van der Waals surface area contributed by atoms with Crippen LogP contribution in [0, 0.1) is 5.41 Å². The Morgan fingerprint density at radius 3 is 1.75 bits per heavy atom. The second kappa shape index (κ2) is 6.34. The fourth-order valence-corrected chi connectivity index (χ4v) is 16.1. The van der Waals surface area contributed by atoms with E-state index in [2.05, 4.69) is 47.0 Å². The molecular formula is C16H36O2Si2. The first-order chi connectivity index (χ1) is 8.69. The first-order valence-corrected chi connectivity index (χ1v) is 15.1. The van der Waals surface area contributed by atoms with Crippen LogP contribution in [0.25, 0.3) is 0 Å². The van der Waals surface area contributed by atoms with Crippen molar-refractivity contribution in [2.75, 3.05) is 6.61 Å². The van der Waals surface area contributed by atoms with Gasteiger partial charge in [-0.25, -0.2) is 0 Å². The third kappa shape index (κ3) is 4.45. The highest BCUT2D eigenvalue weighted by Gasteiger charge is 2.49. The highest BCUT2D eigenvalue weighted by Crippen LogP contribution is 2.44. The van der Waals surface area contributed by atoms with Crippen LogP contribution in [0.2, 0.25) is 37.3 Å². The Bertz CT molecular complexity index is 321. The predicted octanol–water partition coefficient (Wildman–Crippen LogP) is 5.26. The summed E-state index contributed by atoms with van der Waals surface area (Å²) in [5.74, 6) is -0.0409. The van der Waals surface area contributed by atoms with E-state index < -0.39 is 15.2 Å². The summed E-state index contributed by atoms with van der Waals surface area (Å²) < 4.78 is 5.60. The van der Waals surface area contributed by atoms with Gasteiger partial charge in [0.05, 0.1) is 19.6 Å². The van der Waals surface area contributed by atoms with Crippen LogP contribution in [0.3, 0.4) is 0 Å². The molecule has 0 aliphatic heterocycles. The molecule has 20 heavy (non-hydrogen) atoms. The third-order valence-electron chi connectivity index (χ3n) is 5.58. The Balaban J connectivity index is 4.81. The number of carbonyl (C=O) groups excluding carboxylic acids is 1. The normalized spacial score (nSPS) is 16.7. The summed E-state index contributed by atoms with van der Waals surface area (Å²) in [6.07, 6.45) is 0.827. The molecule has 0 bridgehead atoms. The molecule has 2 nitrogen and oxygen atoms in total. The molecule has 0 aromatic carbocycles. The fraction of sp³-hybridized carbons (Fsp3) is 0.938. The van der Waals surface area contributed by atoms with Crippen LogP contribution in [-0.2, 0) is 9.53 Å². The molecule has 0 aromatic heterocycles. The minimum Gasteiger partial charge on any atom is -0.466 e. The van der Waals surface area contributed by atoms with E-state index in [9.17, 15) is 4.79 Å². The van der Waals surface area contributed by atoms with Crippen molar-refractivity contribution in [3.63, 3.8) is 0 Å². The summed E-state index contributed by atoms with van der Waals surface area (Å²) in [5.41, 5.74) is -0.348. The number of hydrogen-bond donors (Lipinski definition) is 0. The predicted molar refractivity (Wildman–Crippen MR) is 94.5 cm³/mol. The molecule has 0 rings (SSSR count). The molecule has 0 fully saturated rings. The van der Waals surface area contributed by atoms with Gasteiger partial charge in [0, 0.05) is 7.59 Å². The number of ether oxygens (including phenoxy) is 1. The number of carbonyl (C=O) groups is 1. The summed E-state index contributed by atoms with van der Waals surface area (Å²) in [5, 5.41) is 0.365. The van der Waals surface area contributed by atoms with Crippen LogP contribution in [0.15, 0.2) is 0 Å². The van der Waals surface area contributed by atoms with E-state index in [0.717, 1.165) is 12.5 Å². The Morgan fingerprint density at radius 2 is 1.45 bits per heavy atom. The molecule has 0 heterocycles. The topological polar surface area (TPSA) is 26.3 Å². The van der Waals surface area contributed by atoms with Gasteiger partial charge in [-0.15, -0.1) is 0 Å². The third-order valence-corrected chi connectivity index (χ3v) is 26.3. The summed E-state index contributed by atoms with van der Waals surface area (Å²) in [6.45, 7) is 23.6. The molecule has 0 spiro atoms. The summed E-state index contributed by atoms with van der Waals surface area (Å²) in [6, 6.07) is 1.09. The maximum absolute atomic E-state index is 12.1. The van der Waals surface area contributed by atoms with Crippen LogP contribution in [0.1, 0.15) is 48.0 Å². The van der Waals surface area contributed by atoms with E-state index in [4.69, 9.17) is 4.74 Å². The van der Waals surface area contributed by atoms with Crippen molar-refractivity contribution < 1.29 is 9.53 Å². The smallest absolute Gasteiger partial charge is 0.311 e. The molecule has 1 unspecified atom stereocenters. The number of esters is 1. The van der Waals surface area contributed by atoms with Crippen molar-refractivity contribution >= 4 is 21.2 Å². The maximum Gasteiger partial charge on any atom is 0.311 e. The highest BCUT2D eigenvalue weighted by atomic mass is 29.3. The molecule has 0 amide bonds.